The second-order valence-corrected chi connectivity index (χ2v) is 8.03. The van der Waals surface area contributed by atoms with E-state index in [-0.39, 0.29) is 22.2 Å². The van der Waals surface area contributed by atoms with Gasteiger partial charge >= 0.3 is 0 Å². The number of likely N-dealkylation sites (tertiary alicyclic amines) is 1. The molecular weight excluding hydrogens is 330 g/mol. The Hall–Kier alpha value is -1.91. The maximum atomic E-state index is 12.8. The van der Waals surface area contributed by atoms with E-state index in [1.165, 1.54) is 17.3 Å². The highest BCUT2D eigenvalue weighted by atomic mass is 32.2. The molecule has 0 amide bonds. The van der Waals surface area contributed by atoms with E-state index in [0.29, 0.717) is 0 Å². The summed E-state index contributed by atoms with van der Waals surface area (Å²) in [5.74, 6) is 0.252. The summed E-state index contributed by atoms with van der Waals surface area (Å²) < 4.78 is 0. The molecule has 0 N–H and O–H groups in total. The number of rotatable bonds is 3. The molecule has 0 radical (unpaired) electrons. The van der Waals surface area contributed by atoms with Gasteiger partial charge in [-0.2, -0.15) is 0 Å². The van der Waals surface area contributed by atoms with Crippen molar-refractivity contribution in [1.29, 1.82) is 0 Å². The van der Waals surface area contributed by atoms with Crippen LogP contribution in [0.1, 0.15) is 39.1 Å². The maximum Gasteiger partial charge on any atom is 0.219 e. The van der Waals surface area contributed by atoms with Crippen molar-refractivity contribution >= 4 is 22.7 Å². The van der Waals surface area contributed by atoms with Crippen LogP contribution < -0.4 is 0 Å². The van der Waals surface area contributed by atoms with Crippen LogP contribution >= 0.6 is 11.8 Å². The van der Waals surface area contributed by atoms with Crippen LogP contribution in [0.25, 0.3) is 0 Å². The summed E-state index contributed by atoms with van der Waals surface area (Å²) in [6, 6.07) is 17.4. The Kier molecular flexibility index (Phi) is 4.73. The molecule has 25 heavy (non-hydrogen) atoms. The van der Waals surface area contributed by atoms with Crippen LogP contribution in [0.3, 0.4) is 0 Å². The predicted molar refractivity (Wildman–Crippen MR) is 101 cm³/mol. The van der Waals surface area contributed by atoms with E-state index in [9.17, 15) is 9.59 Å². The number of Topliss-reactive ketones (excluding diaryl/α,β-unsaturated/α-hetero) is 1. The molecule has 0 saturated carbocycles. The van der Waals surface area contributed by atoms with E-state index in [4.69, 9.17) is 0 Å². The van der Waals surface area contributed by atoms with Gasteiger partial charge in [0.15, 0.2) is 5.78 Å². The van der Waals surface area contributed by atoms with Crippen molar-refractivity contribution in [2.75, 3.05) is 13.1 Å². The van der Waals surface area contributed by atoms with Crippen LogP contribution in [0.2, 0.25) is 0 Å². The van der Waals surface area contributed by atoms with Gasteiger partial charge in [0.1, 0.15) is 0 Å². The van der Waals surface area contributed by atoms with E-state index in [1.807, 2.05) is 48.5 Å². The van der Waals surface area contributed by atoms with Gasteiger partial charge in [0.25, 0.3) is 0 Å². The first-order chi connectivity index (χ1) is 12.2. The Bertz CT molecular complexity index is 789. The van der Waals surface area contributed by atoms with Crippen LogP contribution in [0.4, 0.5) is 0 Å². The molecule has 2 aliphatic rings. The van der Waals surface area contributed by atoms with Crippen molar-refractivity contribution in [2.24, 2.45) is 0 Å². The Morgan fingerprint density at radius 1 is 1.00 bits per heavy atom. The number of carbonyl (C=O) groups excluding carboxylic acids is 2. The number of benzene rings is 2. The average Bonchev–Trinajstić information content (AvgIpc) is 3.11. The second-order valence-electron chi connectivity index (χ2n) is 6.75. The SMILES string of the molecule is O=C(S[C@H]1CCN(C2CCc3ccccc3C2=O)C1)c1ccccc1. The number of ketones is 1. The topological polar surface area (TPSA) is 37.4 Å². The number of hydrogen-bond acceptors (Lipinski definition) is 4. The lowest BCUT2D eigenvalue weighted by atomic mass is 9.86. The molecule has 0 bridgehead atoms. The Morgan fingerprint density at radius 2 is 1.76 bits per heavy atom. The summed E-state index contributed by atoms with van der Waals surface area (Å²) in [6.45, 7) is 1.72. The number of thioether (sulfide) groups is 1. The lowest BCUT2D eigenvalue weighted by Crippen LogP contribution is -2.42. The molecule has 1 unspecified atom stereocenters. The van der Waals surface area contributed by atoms with Crippen molar-refractivity contribution < 1.29 is 9.59 Å². The third kappa shape index (κ3) is 3.42. The molecule has 128 valence electrons. The van der Waals surface area contributed by atoms with Crippen LogP contribution in [-0.4, -0.2) is 40.2 Å². The second kappa shape index (κ2) is 7.14. The van der Waals surface area contributed by atoms with E-state index in [0.717, 1.165) is 43.5 Å². The molecular formula is C21H21NO2S. The van der Waals surface area contributed by atoms with Gasteiger partial charge in [0.2, 0.25) is 5.12 Å². The number of carbonyl (C=O) groups is 2. The lowest BCUT2D eigenvalue weighted by Gasteiger charge is -2.30. The van der Waals surface area contributed by atoms with Crippen molar-refractivity contribution in [2.45, 2.75) is 30.6 Å². The van der Waals surface area contributed by atoms with Gasteiger partial charge in [-0.3, -0.25) is 14.5 Å². The molecule has 2 atom stereocenters. The third-order valence-corrected chi connectivity index (χ3v) is 6.34. The number of aryl methyl sites for hydroxylation is 1. The Morgan fingerprint density at radius 3 is 2.60 bits per heavy atom. The van der Waals surface area contributed by atoms with Crippen LogP contribution in [0, 0.1) is 0 Å². The van der Waals surface area contributed by atoms with Gasteiger partial charge in [-0.15, -0.1) is 0 Å². The molecule has 1 heterocycles. The smallest absolute Gasteiger partial charge is 0.219 e. The zero-order valence-corrected chi connectivity index (χ0v) is 14.9. The van der Waals surface area contributed by atoms with Crippen LogP contribution in [-0.2, 0) is 6.42 Å². The summed E-state index contributed by atoms with van der Waals surface area (Å²) in [7, 11) is 0. The molecule has 1 saturated heterocycles. The maximum absolute atomic E-state index is 12.8. The predicted octanol–water partition coefficient (Wildman–Crippen LogP) is 3.83. The van der Waals surface area contributed by atoms with Crippen molar-refractivity contribution in [3.05, 3.63) is 71.3 Å². The zero-order chi connectivity index (χ0) is 17.2. The molecule has 1 fully saturated rings. The van der Waals surface area contributed by atoms with Gasteiger partial charge < -0.3 is 0 Å². The highest BCUT2D eigenvalue weighted by Gasteiger charge is 2.36. The van der Waals surface area contributed by atoms with Crippen LogP contribution in [0.5, 0.6) is 0 Å². The molecule has 1 aliphatic heterocycles. The van der Waals surface area contributed by atoms with Crippen LogP contribution in [0.15, 0.2) is 54.6 Å². The van der Waals surface area contributed by atoms with Gasteiger partial charge in [0, 0.05) is 29.5 Å². The zero-order valence-electron chi connectivity index (χ0n) is 14.1. The summed E-state index contributed by atoms with van der Waals surface area (Å²) in [5, 5.41) is 0.408. The molecule has 0 aromatic heterocycles. The number of fused-ring (bicyclic) bond motifs is 1. The quantitative estimate of drug-likeness (QED) is 0.842. The molecule has 0 spiro atoms. The standard InChI is InChI=1S/C21H21NO2S/c23-20-18-9-5-4-6-15(18)10-11-19(20)22-13-12-17(14-22)25-21(24)16-7-2-1-3-8-16/h1-9,17,19H,10-14H2/t17-,19?/m0/s1. The van der Waals surface area contributed by atoms with Gasteiger partial charge in [-0.25, -0.2) is 0 Å². The van der Waals surface area contributed by atoms with Crippen molar-refractivity contribution in [3.63, 3.8) is 0 Å². The van der Waals surface area contributed by atoms with E-state index < -0.39 is 0 Å². The Labute approximate surface area is 152 Å². The minimum Gasteiger partial charge on any atom is -0.292 e. The molecule has 2 aromatic carbocycles. The summed E-state index contributed by atoms with van der Waals surface area (Å²) >= 11 is 1.42. The van der Waals surface area contributed by atoms with Gasteiger partial charge in [-0.1, -0.05) is 66.4 Å². The molecule has 4 heteroatoms. The van der Waals surface area contributed by atoms with Crippen molar-refractivity contribution in [1.82, 2.24) is 4.90 Å². The molecule has 1 aliphatic carbocycles. The third-order valence-electron chi connectivity index (χ3n) is 5.17. The lowest BCUT2D eigenvalue weighted by molar-refractivity contribution is 0.0824. The highest BCUT2D eigenvalue weighted by Crippen LogP contribution is 2.31. The van der Waals surface area contributed by atoms with Crippen molar-refractivity contribution in [3.8, 4) is 0 Å². The summed E-state index contributed by atoms with van der Waals surface area (Å²) in [6.07, 6.45) is 2.82. The van der Waals surface area contributed by atoms with Gasteiger partial charge in [-0.05, 0) is 24.8 Å². The fourth-order valence-electron chi connectivity index (χ4n) is 3.86. The fraction of sp³-hybridized carbons (Fsp3) is 0.333. The largest absolute Gasteiger partial charge is 0.292 e. The summed E-state index contributed by atoms with van der Waals surface area (Å²) in [5.41, 5.74) is 2.82. The number of nitrogens with zero attached hydrogens (tertiary/aromatic N) is 1. The summed E-state index contributed by atoms with van der Waals surface area (Å²) in [4.78, 5) is 27.5. The van der Waals surface area contributed by atoms with E-state index in [2.05, 4.69) is 11.0 Å². The first-order valence-corrected chi connectivity index (χ1v) is 9.72. The number of hydrogen-bond donors (Lipinski definition) is 0. The normalized spacial score (nSPS) is 23.4. The van der Waals surface area contributed by atoms with Gasteiger partial charge in [0.05, 0.1) is 6.04 Å². The minimum atomic E-state index is -0.0210. The van der Waals surface area contributed by atoms with E-state index in [1.54, 1.807) is 0 Å². The fourth-order valence-corrected chi connectivity index (χ4v) is 4.92. The highest BCUT2D eigenvalue weighted by molar-refractivity contribution is 8.14. The minimum absolute atomic E-state index is 0.0210. The monoisotopic (exact) mass is 351 g/mol. The first-order valence-electron chi connectivity index (χ1n) is 8.84. The van der Waals surface area contributed by atoms with E-state index >= 15 is 0 Å². The molecule has 4 rings (SSSR count). The average molecular weight is 351 g/mol. The molecule has 2 aromatic rings. The first kappa shape index (κ1) is 16.6. The Balaban J connectivity index is 1.40. The molecule has 3 nitrogen and oxygen atoms in total.